The molecule has 2 amide bonds. The van der Waals surface area contributed by atoms with Crippen molar-refractivity contribution in [3.05, 3.63) is 22.4 Å². The van der Waals surface area contributed by atoms with Gasteiger partial charge in [-0.1, -0.05) is 6.07 Å². The van der Waals surface area contributed by atoms with Crippen molar-refractivity contribution in [2.24, 2.45) is 0 Å². The molecule has 1 heterocycles. The number of carbonyl (C=O) groups is 2. The molecule has 0 spiro atoms. The first-order chi connectivity index (χ1) is 8.13. The molecule has 1 aromatic rings. The van der Waals surface area contributed by atoms with E-state index in [2.05, 4.69) is 10.6 Å². The smallest absolute Gasteiger partial charge is 0.309 e. The number of methoxy groups -OCH3 is 1. The fourth-order valence-electron chi connectivity index (χ4n) is 1.24. The Morgan fingerprint density at radius 1 is 1.47 bits per heavy atom. The third kappa shape index (κ3) is 4.97. The van der Waals surface area contributed by atoms with Gasteiger partial charge in [-0.05, 0) is 18.4 Å². The largest absolute Gasteiger partial charge is 0.383 e. The van der Waals surface area contributed by atoms with Gasteiger partial charge in [0.25, 0.3) is 0 Å². The van der Waals surface area contributed by atoms with Crippen molar-refractivity contribution >= 4 is 23.2 Å². The molecule has 94 valence electrons. The zero-order valence-electron chi connectivity index (χ0n) is 9.86. The van der Waals surface area contributed by atoms with Gasteiger partial charge in [-0.3, -0.25) is 9.59 Å². The van der Waals surface area contributed by atoms with Gasteiger partial charge in [0, 0.05) is 18.0 Å². The second-order valence-corrected chi connectivity index (χ2v) is 4.62. The number of hydrogen-bond donors (Lipinski definition) is 2. The van der Waals surface area contributed by atoms with Crippen LogP contribution in [0.3, 0.4) is 0 Å². The first-order valence-corrected chi connectivity index (χ1v) is 6.11. The SMILES string of the molecule is COC[C@@H](C)NC(=O)C(=O)NCc1cccs1. The first-order valence-electron chi connectivity index (χ1n) is 5.23. The Hall–Kier alpha value is -1.40. The highest BCUT2D eigenvalue weighted by Gasteiger charge is 2.15. The van der Waals surface area contributed by atoms with Gasteiger partial charge in [0.15, 0.2) is 0 Å². The van der Waals surface area contributed by atoms with Crippen LogP contribution in [0.2, 0.25) is 0 Å². The molecule has 0 aliphatic heterocycles. The van der Waals surface area contributed by atoms with E-state index in [4.69, 9.17) is 4.74 Å². The molecule has 0 aromatic carbocycles. The predicted octanol–water partition coefficient (Wildman–Crippen LogP) is 0.515. The van der Waals surface area contributed by atoms with Gasteiger partial charge in [-0.25, -0.2) is 0 Å². The van der Waals surface area contributed by atoms with E-state index in [1.165, 1.54) is 11.3 Å². The summed E-state index contributed by atoms with van der Waals surface area (Å²) in [6.45, 7) is 2.53. The summed E-state index contributed by atoms with van der Waals surface area (Å²) in [5.41, 5.74) is 0. The van der Waals surface area contributed by atoms with Crippen molar-refractivity contribution in [2.75, 3.05) is 13.7 Å². The molecule has 0 bridgehead atoms. The average Bonchev–Trinajstić information content (AvgIpc) is 2.78. The molecule has 0 aliphatic carbocycles. The minimum Gasteiger partial charge on any atom is -0.383 e. The van der Waals surface area contributed by atoms with E-state index < -0.39 is 11.8 Å². The summed E-state index contributed by atoms with van der Waals surface area (Å²) >= 11 is 1.53. The maximum atomic E-state index is 11.4. The van der Waals surface area contributed by atoms with Crippen LogP contribution in [0, 0.1) is 0 Å². The van der Waals surface area contributed by atoms with Crippen LogP contribution in [0.15, 0.2) is 17.5 Å². The second kappa shape index (κ2) is 7.03. The van der Waals surface area contributed by atoms with Crippen molar-refractivity contribution in [1.82, 2.24) is 10.6 Å². The zero-order chi connectivity index (χ0) is 12.7. The predicted molar refractivity (Wildman–Crippen MR) is 65.6 cm³/mol. The van der Waals surface area contributed by atoms with Crippen LogP contribution < -0.4 is 10.6 Å². The van der Waals surface area contributed by atoms with Crippen LogP contribution in [0.25, 0.3) is 0 Å². The summed E-state index contributed by atoms with van der Waals surface area (Å²) in [6.07, 6.45) is 0. The first kappa shape index (κ1) is 13.7. The number of ether oxygens (including phenoxy) is 1. The maximum Gasteiger partial charge on any atom is 0.309 e. The Labute approximate surface area is 104 Å². The van der Waals surface area contributed by atoms with Crippen molar-refractivity contribution in [3.63, 3.8) is 0 Å². The van der Waals surface area contributed by atoms with Crippen molar-refractivity contribution in [3.8, 4) is 0 Å². The van der Waals surface area contributed by atoms with E-state index in [9.17, 15) is 9.59 Å². The van der Waals surface area contributed by atoms with Gasteiger partial charge in [0.05, 0.1) is 13.2 Å². The van der Waals surface area contributed by atoms with Gasteiger partial charge in [-0.2, -0.15) is 0 Å². The molecule has 6 heteroatoms. The lowest BCUT2D eigenvalue weighted by Gasteiger charge is -2.12. The minimum atomic E-state index is -0.633. The number of rotatable bonds is 5. The summed E-state index contributed by atoms with van der Waals surface area (Å²) in [4.78, 5) is 23.8. The van der Waals surface area contributed by atoms with Crippen molar-refractivity contribution in [1.29, 1.82) is 0 Å². The highest BCUT2D eigenvalue weighted by molar-refractivity contribution is 7.09. The van der Waals surface area contributed by atoms with Gasteiger partial charge < -0.3 is 15.4 Å². The van der Waals surface area contributed by atoms with Crippen LogP contribution in [-0.2, 0) is 20.9 Å². The highest BCUT2D eigenvalue weighted by atomic mass is 32.1. The number of hydrogen-bond acceptors (Lipinski definition) is 4. The number of thiophene rings is 1. The van der Waals surface area contributed by atoms with Crippen molar-refractivity contribution < 1.29 is 14.3 Å². The lowest BCUT2D eigenvalue weighted by atomic mass is 10.3. The van der Waals surface area contributed by atoms with E-state index >= 15 is 0 Å². The Morgan fingerprint density at radius 2 is 2.24 bits per heavy atom. The summed E-state index contributed by atoms with van der Waals surface area (Å²) < 4.78 is 4.86. The standard InChI is InChI=1S/C11H16N2O3S/c1-8(7-16-2)13-11(15)10(14)12-6-9-4-3-5-17-9/h3-5,8H,6-7H2,1-2H3,(H,12,14)(H,13,15)/t8-/m1/s1. The Kier molecular flexibility index (Phi) is 5.65. The second-order valence-electron chi connectivity index (χ2n) is 3.59. The molecule has 0 aliphatic rings. The summed E-state index contributed by atoms with van der Waals surface area (Å²) in [5.74, 6) is -1.26. The van der Waals surface area contributed by atoms with E-state index in [0.29, 0.717) is 13.2 Å². The molecule has 0 unspecified atom stereocenters. The van der Waals surface area contributed by atoms with Gasteiger partial charge in [0.1, 0.15) is 0 Å². The lowest BCUT2D eigenvalue weighted by molar-refractivity contribution is -0.139. The molecule has 5 nitrogen and oxygen atoms in total. The Bertz CT molecular complexity index is 365. The van der Waals surface area contributed by atoms with Crippen LogP contribution in [-0.4, -0.2) is 31.6 Å². The minimum absolute atomic E-state index is 0.181. The monoisotopic (exact) mass is 256 g/mol. The molecule has 0 fully saturated rings. The molecule has 1 atom stereocenters. The fourth-order valence-corrected chi connectivity index (χ4v) is 1.89. The third-order valence-electron chi connectivity index (χ3n) is 2.00. The molecular formula is C11H16N2O3S. The van der Waals surface area contributed by atoms with E-state index in [0.717, 1.165) is 4.88 Å². The molecule has 0 saturated carbocycles. The molecule has 2 N–H and O–H groups in total. The Balaban J connectivity index is 2.29. The lowest BCUT2D eigenvalue weighted by Crippen LogP contribution is -2.44. The van der Waals surface area contributed by atoms with Crippen LogP contribution in [0.4, 0.5) is 0 Å². The van der Waals surface area contributed by atoms with Crippen LogP contribution in [0.1, 0.15) is 11.8 Å². The van der Waals surface area contributed by atoms with Crippen molar-refractivity contribution in [2.45, 2.75) is 19.5 Å². The molecule has 0 saturated heterocycles. The normalized spacial score (nSPS) is 11.9. The molecule has 1 rings (SSSR count). The van der Waals surface area contributed by atoms with Gasteiger partial charge >= 0.3 is 11.8 Å². The van der Waals surface area contributed by atoms with E-state index in [-0.39, 0.29) is 6.04 Å². The maximum absolute atomic E-state index is 11.4. The van der Waals surface area contributed by atoms with Gasteiger partial charge in [-0.15, -0.1) is 11.3 Å². The van der Waals surface area contributed by atoms with E-state index in [1.54, 1.807) is 14.0 Å². The third-order valence-corrected chi connectivity index (χ3v) is 2.88. The molecule has 0 radical (unpaired) electrons. The topological polar surface area (TPSA) is 67.4 Å². The number of amides is 2. The van der Waals surface area contributed by atoms with Crippen LogP contribution in [0.5, 0.6) is 0 Å². The zero-order valence-corrected chi connectivity index (χ0v) is 10.7. The van der Waals surface area contributed by atoms with Gasteiger partial charge in [0.2, 0.25) is 0 Å². The molecule has 1 aromatic heterocycles. The average molecular weight is 256 g/mol. The molecule has 17 heavy (non-hydrogen) atoms. The van der Waals surface area contributed by atoms with E-state index in [1.807, 2.05) is 17.5 Å². The quantitative estimate of drug-likeness (QED) is 0.755. The number of carbonyl (C=O) groups excluding carboxylic acids is 2. The summed E-state index contributed by atoms with van der Waals surface area (Å²) in [7, 11) is 1.54. The summed E-state index contributed by atoms with van der Waals surface area (Å²) in [6, 6.07) is 3.61. The number of nitrogens with one attached hydrogen (secondary N) is 2. The molecular weight excluding hydrogens is 240 g/mol. The highest BCUT2D eigenvalue weighted by Crippen LogP contribution is 2.06. The van der Waals surface area contributed by atoms with Crippen LogP contribution >= 0.6 is 11.3 Å². The Morgan fingerprint density at radius 3 is 2.82 bits per heavy atom. The summed E-state index contributed by atoms with van der Waals surface area (Å²) in [5, 5.41) is 7.01. The fraction of sp³-hybridized carbons (Fsp3) is 0.455.